The summed E-state index contributed by atoms with van der Waals surface area (Å²) in [5.41, 5.74) is 0.663. The number of aldehydes is 1. The van der Waals surface area contributed by atoms with Gasteiger partial charge in [-0.1, -0.05) is 15.9 Å². The van der Waals surface area contributed by atoms with E-state index < -0.39 is 0 Å². The molecule has 0 spiro atoms. The SMILES string of the molecule is O=Cc1ccc(SCCCO)cc1Br. The maximum Gasteiger partial charge on any atom is 0.151 e. The van der Waals surface area contributed by atoms with Crippen LogP contribution < -0.4 is 0 Å². The lowest BCUT2D eigenvalue weighted by Crippen LogP contribution is -1.87. The summed E-state index contributed by atoms with van der Waals surface area (Å²) in [5.74, 6) is 0.892. The molecule has 0 atom stereocenters. The summed E-state index contributed by atoms with van der Waals surface area (Å²) in [6.45, 7) is 0.223. The third kappa shape index (κ3) is 3.44. The highest BCUT2D eigenvalue weighted by Crippen LogP contribution is 2.24. The lowest BCUT2D eigenvalue weighted by molar-refractivity contribution is 0.112. The van der Waals surface area contributed by atoms with E-state index in [2.05, 4.69) is 15.9 Å². The smallest absolute Gasteiger partial charge is 0.151 e. The van der Waals surface area contributed by atoms with Crippen molar-refractivity contribution in [2.75, 3.05) is 12.4 Å². The molecule has 0 saturated heterocycles. The van der Waals surface area contributed by atoms with Crippen LogP contribution in [0, 0.1) is 0 Å². The lowest BCUT2D eigenvalue weighted by atomic mass is 10.2. The van der Waals surface area contributed by atoms with Crippen LogP contribution in [-0.2, 0) is 0 Å². The summed E-state index contributed by atoms with van der Waals surface area (Å²) >= 11 is 4.99. The molecule has 2 nitrogen and oxygen atoms in total. The molecule has 0 saturated carbocycles. The van der Waals surface area contributed by atoms with E-state index in [-0.39, 0.29) is 6.61 Å². The van der Waals surface area contributed by atoms with E-state index in [4.69, 9.17) is 5.11 Å². The molecule has 0 amide bonds. The first-order valence-electron chi connectivity index (χ1n) is 4.26. The summed E-state index contributed by atoms with van der Waals surface area (Å²) in [6, 6.07) is 5.63. The molecule has 0 aliphatic carbocycles. The van der Waals surface area contributed by atoms with Crippen molar-refractivity contribution in [2.45, 2.75) is 11.3 Å². The predicted molar refractivity (Wildman–Crippen MR) is 62.0 cm³/mol. The lowest BCUT2D eigenvalue weighted by Gasteiger charge is -2.02. The van der Waals surface area contributed by atoms with Crippen molar-refractivity contribution in [3.05, 3.63) is 28.2 Å². The van der Waals surface area contributed by atoms with Crippen LogP contribution in [0.15, 0.2) is 27.6 Å². The number of carbonyl (C=O) groups is 1. The van der Waals surface area contributed by atoms with Gasteiger partial charge in [-0.15, -0.1) is 11.8 Å². The van der Waals surface area contributed by atoms with Crippen LogP contribution in [0.5, 0.6) is 0 Å². The molecule has 76 valence electrons. The second-order valence-corrected chi connectivity index (χ2v) is 4.75. The van der Waals surface area contributed by atoms with Gasteiger partial charge in [0.1, 0.15) is 0 Å². The zero-order chi connectivity index (χ0) is 10.4. The van der Waals surface area contributed by atoms with Gasteiger partial charge in [-0.3, -0.25) is 4.79 Å². The number of aliphatic hydroxyl groups excluding tert-OH is 1. The first kappa shape index (κ1) is 11.8. The molecule has 1 aromatic carbocycles. The Kier molecular flexibility index (Phi) is 5.22. The topological polar surface area (TPSA) is 37.3 Å². The van der Waals surface area contributed by atoms with E-state index in [0.717, 1.165) is 27.8 Å². The van der Waals surface area contributed by atoms with Crippen molar-refractivity contribution in [3.63, 3.8) is 0 Å². The Morgan fingerprint density at radius 3 is 2.86 bits per heavy atom. The van der Waals surface area contributed by atoms with E-state index in [1.54, 1.807) is 17.8 Å². The first-order chi connectivity index (χ1) is 6.77. The molecular weight excluding hydrogens is 264 g/mol. The fourth-order valence-electron chi connectivity index (χ4n) is 0.948. The second-order valence-electron chi connectivity index (χ2n) is 2.73. The Hall–Kier alpha value is -0.320. The highest BCUT2D eigenvalue weighted by molar-refractivity contribution is 9.10. The van der Waals surface area contributed by atoms with Gasteiger partial charge in [-0.25, -0.2) is 0 Å². The molecule has 0 bridgehead atoms. The first-order valence-corrected chi connectivity index (χ1v) is 6.04. The zero-order valence-corrected chi connectivity index (χ0v) is 9.97. The molecule has 14 heavy (non-hydrogen) atoms. The number of aliphatic hydroxyl groups is 1. The minimum Gasteiger partial charge on any atom is -0.396 e. The molecule has 0 fully saturated rings. The average Bonchev–Trinajstić information content (AvgIpc) is 2.18. The Balaban J connectivity index is 2.62. The molecule has 0 heterocycles. The Morgan fingerprint density at radius 1 is 1.50 bits per heavy atom. The van der Waals surface area contributed by atoms with E-state index in [0.29, 0.717) is 5.56 Å². The van der Waals surface area contributed by atoms with Gasteiger partial charge in [-0.05, 0) is 24.6 Å². The van der Waals surface area contributed by atoms with Crippen molar-refractivity contribution in [3.8, 4) is 0 Å². The van der Waals surface area contributed by atoms with Crippen molar-refractivity contribution in [1.82, 2.24) is 0 Å². The Labute approximate surface area is 95.8 Å². The van der Waals surface area contributed by atoms with Gasteiger partial charge in [0, 0.05) is 27.3 Å². The van der Waals surface area contributed by atoms with E-state index in [1.807, 2.05) is 12.1 Å². The fourth-order valence-corrected chi connectivity index (χ4v) is 2.45. The van der Waals surface area contributed by atoms with Crippen LogP contribution in [0.25, 0.3) is 0 Å². The van der Waals surface area contributed by atoms with Gasteiger partial charge in [-0.2, -0.15) is 0 Å². The number of benzene rings is 1. The number of halogens is 1. The van der Waals surface area contributed by atoms with Gasteiger partial charge in [0.25, 0.3) is 0 Å². The van der Waals surface area contributed by atoms with E-state index >= 15 is 0 Å². The standard InChI is InChI=1S/C10H11BrO2S/c11-10-6-9(14-5-1-4-12)3-2-8(10)7-13/h2-3,6-7,12H,1,4-5H2. The van der Waals surface area contributed by atoms with Crippen LogP contribution in [-0.4, -0.2) is 23.8 Å². The van der Waals surface area contributed by atoms with Gasteiger partial charge >= 0.3 is 0 Å². The average molecular weight is 275 g/mol. The van der Waals surface area contributed by atoms with Gasteiger partial charge in [0.2, 0.25) is 0 Å². The molecule has 1 rings (SSSR count). The molecular formula is C10H11BrO2S. The summed E-state index contributed by atoms with van der Waals surface area (Å²) in [5, 5.41) is 8.61. The highest BCUT2D eigenvalue weighted by atomic mass is 79.9. The number of hydrogen-bond donors (Lipinski definition) is 1. The van der Waals surface area contributed by atoms with Crippen molar-refractivity contribution in [2.24, 2.45) is 0 Å². The molecule has 0 aliphatic heterocycles. The van der Waals surface area contributed by atoms with Crippen LogP contribution >= 0.6 is 27.7 Å². The quantitative estimate of drug-likeness (QED) is 0.510. The molecule has 0 aromatic heterocycles. The summed E-state index contributed by atoms with van der Waals surface area (Å²) in [7, 11) is 0. The Morgan fingerprint density at radius 2 is 2.29 bits per heavy atom. The summed E-state index contributed by atoms with van der Waals surface area (Å²) < 4.78 is 0.821. The molecule has 4 heteroatoms. The van der Waals surface area contributed by atoms with E-state index in [1.165, 1.54) is 0 Å². The van der Waals surface area contributed by atoms with Crippen molar-refractivity contribution >= 4 is 34.0 Å². The van der Waals surface area contributed by atoms with Crippen LogP contribution in [0.4, 0.5) is 0 Å². The van der Waals surface area contributed by atoms with Crippen molar-refractivity contribution < 1.29 is 9.90 Å². The summed E-state index contributed by atoms with van der Waals surface area (Å²) in [6.07, 6.45) is 1.62. The minimum absolute atomic E-state index is 0.223. The molecule has 0 aliphatic rings. The normalized spacial score (nSPS) is 10.1. The maximum atomic E-state index is 10.5. The highest BCUT2D eigenvalue weighted by Gasteiger charge is 2.00. The van der Waals surface area contributed by atoms with Gasteiger partial charge in [0.05, 0.1) is 0 Å². The number of thioether (sulfide) groups is 1. The molecule has 0 radical (unpaired) electrons. The number of carbonyl (C=O) groups excluding carboxylic acids is 1. The third-order valence-electron chi connectivity index (χ3n) is 1.67. The number of hydrogen-bond acceptors (Lipinski definition) is 3. The fraction of sp³-hybridized carbons (Fsp3) is 0.300. The van der Waals surface area contributed by atoms with Crippen molar-refractivity contribution in [1.29, 1.82) is 0 Å². The number of rotatable bonds is 5. The monoisotopic (exact) mass is 274 g/mol. The Bertz CT molecular complexity index is 315. The third-order valence-corrected chi connectivity index (χ3v) is 3.44. The minimum atomic E-state index is 0.223. The van der Waals surface area contributed by atoms with Gasteiger partial charge in [0.15, 0.2) is 6.29 Å². The van der Waals surface area contributed by atoms with Gasteiger partial charge < -0.3 is 5.11 Å². The van der Waals surface area contributed by atoms with Crippen LogP contribution in [0.3, 0.4) is 0 Å². The summed E-state index contributed by atoms with van der Waals surface area (Å²) in [4.78, 5) is 11.6. The largest absolute Gasteiger partial charge is 0.396 e. The van der Waals surface area contributed by atoms with Crippen LogP contribution in [0.1, 0.15) is 16.8 Å². The molecule has 1 aromatic rings. The molecule has 0 unspecified atom stereocenters. The predicted octanol–water partition coefficient (Wildman–Crippen LogP) is 2.74. The van der Waals surface area contributed by atoms with Crippen LogP contribution in [0.2, 0.25) is 0 Å². The van der Waals surface area contributed by atoms with E-state index in [9.17, 15) is 4.79 Å². The zero-order valence-electron chi connectivity index (χ0n) is 7.57. The maximum absolute atomic E-state index is 10.5. The second kappa shape index (κ2) is 6.22. The molecule has 1 N–H and O–H groups in total.